The third kappa shape index (κ3) is 5.76. The van der Waals surface area contributed by atoms with Crippen molar-refractivity contribution < 1.29 is 14.3 Å². The number of carbonyl (C=O) groups excluding carboxylic acids is 2. The first-order valence-electron chi connectivity index (χ1n) is 9.31. The minimum absolute atomic E-state index is 0.0280. The first-order chi connectivity index (χ1) is 12.0. The lowest BCUT2D eigenvalue weighted by Gasteiger charge is -2.23. The van der Waals surface area contributed by atoms with E-state index in [1.165, 1.54) is 0 Å². The average Bonchev–Trinajstić information content (AvgIpc) is 2.85. The molecule has 25 heavy (non-hydrogen) atoms. The highest BCUT2D eigenvalue weighted by Crippen LogP contribution is 2.16. The van der Waals surface area contributed by atoms with Gasteiger partial charge in [-0.1, -0.05) is 20.8 Å². The standard InChI is InChI=1S/C20H30N2O3/c1-4-14-25-18-8-6-17(7-9-18)20(24)22-11-5-10-21(12-13-22)19(23)15-16(2)3/h6-9,16H,4-5,10-15H2,1-3H3. The zero-order valence-corrected chi connectivity index (χ0v) is 15.7. The maximum atomic E-state index is 12.7. The van der Waals surface area contributed by atoms with Crippen molar-refractivity contribution in [1.29, 1.82) is 0 Å². The molecule has 1 aromatic carbocycles. The van der Waals surface area contributed by atoms with Crippen molar-refractivity contribution in [3.8, 4) is 5.75 Å². The van der Waals surface area contributed by atoms with Crippen LogP contribution in [0.3, 0.4) is 0 Å². The molecule has 1 aromatic rings. The minimum Gasteiger partial charge on any atom is -0.494 e. The van der Waals surface area contributed by atoms with E-state index in [0.717, 1.165) is 25.1 Å². The van der Waals surface area contributed by atoms with Gasteiger partial charge in [0.15, 0.2) is 0 Å². The van der Waals surface area contributed by atoms with Gasteiger partial charge in [0, 0.05) is 38.2 Å². The molecule has 0 aromatic heterocycles. The van der Waals surface area contributed by atoms with Gasteiger partial charge in [0.05, 0.1) is 6.61 Å². The van der Waals surface area contributed by atoms with Crippen LogP contribution in [0.4, 0.5) is 0 Å². The van der Waals surface area contributed by atoms with Crippen molar-refractivity contribution in [2.75, 3.05) is 32.8 Å². The summed E-state index contributed by atoms with van der Waals surface area (Å²) in [5, 5.41) is 0. The van der Waals surface area contributed by atoms with E-state index in [9.17, 15) is 9.59 Å². The molecule has 0 radical (unpaired) electrons. The Morgan fingerprint density at radius 1 is 1.04 bits per heavy atom. The van der Waals surface area contributed by atoms with Gasteiger partial charge in [0.2, 0.25) is 5.91 Å². The monoisotopic (exact) mass is 346 g/mol. The van der Waals surface area contributed by atoms with Gasteiger partial charge in [-0.15, -0.1) is 0 Å². The first-order valence-corrected chi connectivity index (χ1v) is 9.31. The second-order valence-corrected chi connectivity index (χ2v) is 7.00. The van der Waals surface area contributed by atoms with Gasteiger partial charge in [-0.2, -0.15) is 0 Å². The Balaban J connectivity index is 1.93. The molecule has 1 aliphatic heterocycles. The van der Waals surface area contributed by atoms with Crippen LogP contribution in [0.2, 0.25) is 0 Å². The Hall–Kier alpha value is -2.04. The summed E-state index contributed by atoms with van der Waals surface area (Å²) in [7, 11) is 0. The van der Waals surface area contributed by atoms with Crippen LogP contribution in [0.25, 0.3) is 0 Å². The predicted molar refractivity (Wildman–Crippen MR) is 98.8 cm³/mol. The second kappa shape index (κ2) is 9.44. The summed E-state index contributed by atoms with van der Waals surface area (Å²) >= 11 is 0. The molecule has 0 saturated carbocycles. The fourth-order valence-corrected chi connectivity index (χ4v) is 2.94. The molecule has 2 amide bonds. The van der Waals surface area contributed by atoms with Crippen LogP contribution in [0.1, 0.15) is 50.4 Å². The third-order valence-electron chi connectivity index (χ3n) is 4.29. The molecule has 0 bridgehead atoms. The van der Waals surface area contributed by atoms with Crippen molar-refractivity contribution in [1.82, 2.24) is 9.80 Å². The van der Waals surface area contributed by atoms with E-state index >= 15 is 0 Å². The highest BCUT2D eigenvalue weighted by molar-refractivity contribution is 5.94. The Morgan fingerprint density at radius 2 is 1.68 bits per heavy atom. The van der Waals surface area contributed by atoms with Crippen molar-refractivity contribution in [3.05, 3.63) is 29.8 Å². The third-order valence-corrected chi connectivity index (χ3v) is 4.29. The maximum absolute atomic E-state index is 12.7. The van der Waals surface area contributed by atoms with Crippen LogP contribution in [0.5, 0.6) is 5.75 Å². The number of benzene rings is 1. The van der Waals surface area contributed by atoms with E-state index in [-0.39, 0.29) is 11.8 Å². The lowest BCUT2D eigenvalue weighted by molar-refractivity contribution is -0.131. The topological polar surface area (TPSA) is 49.9 Å². The molecule has 0 aliphatic carbocycles. The second-order valence-electron chi connectivity index (χ2n) is 7.00. The molecular formula is C20H30N2O3. The Bertz CT molecular complexity index is 569. The van der Waals surface area contributed by atoms with Crippen LogP contribution in [-0.4, -0.2) is 54.4 Å². The highest BCUT2D eigenvalue weighted by atomic mass is 16.5. The number of amides is 2. The van der Waals surface area contributed by atoms with E-state index in [0.29, 0.717) is 44.1 Å². The summed E-state index contributed by atoms with van der Waals surface area (Å²) in [4.78, 5) is 28.7. The minimum atomic E-state index is 0.0280. The molecule has 0 spiro atoms. The van der Waals surface area contributed by atoms with Gasteiger partial charge in [-0.25, -0.2) is 0 Å². The van der Waals surface area contributed by atoms with Crippen molar-refractivity contribution in [3.63, 3.8) is 0 Å². The van der Waals surface area contributed by atoms with Gasteiger partial charge >= 0.3 is 0 Å². The smallest absolute Gasteiger partial charge is 0.253 e. The molecular weight excluding hydrogens is 316 g/mol. The Labute approximate surface area is 150 Å². The normalized spacial score (nSPS) is 15.2. The van der Waals surface area contributed by atoms with Crippen molar-refractivity contribution in [2.24, 2.45) is 5.92 Å². The summed E-state index contributed by atoms with van der Waals surface area (Å²) in [5.41, 5.74) is 0.672. The summed E-state index contributed by atoms with van der Waals surface area (Å²) in [6.07, 6.45) is 2.36. The van der Waals surface area contributed by atoms with Crippen LogP contribution in [0, 0.1) is 5.92 Å². The molecule has 1 heterocycles. The quantitative estimate of drug-likeness (QED) is 0.795. The lowest BCUT2D eigenvalue weighted by Crippen LogP contribution is -2.37. The summed E-state index contributed by atoms with van der Waals surface area (Å²) in [6, 6.07) is 7.33. The molecule has 1 fully saturated rings. The van der Waals surface area contributed by atoms with E-state index in [1.807, 2.05) is 34.1 Å². The summed E-state index contributed by atoms with van der Waals surface area (Å²) in [5.74, 6) is 1.38. The van der Waals surface area contributed by atoms with Crippen LogP contribution >= 0.6 is 0 Å². The highest BCUT2D eigenvalue weighted by Gasteiger charge is 2.23. The zero-order valence-electron chi connectivity index (χ0n) is 15.7. The van der Waals surface area contributed by atoms with E-state index < -0.39 is 0 Å². The largest absolute Gasteiger partial charge is 0.494 e. The van der Waals surface area contributed by atoms with Crippen LogP contribution in [-0.2, 0) is 4.79 Å². The lowest BCUT2D eigenvalue weighted by atomic mass is 10.1. The fourth-order valence-electron chi connectivity index (χ4n) is 2.94. The molecule has 138 valence electrons. The molecule has 2 rings (SSSR count). The van der Waals surface area contributed by atoms with Crippen molar-refractivity contribution >= 4 is 11.8 Å². The van der Waals surface area contributed by atoms with Gasteiger partial charge < -0.3 is 14.5 Å². The molecule has 5 heteroatoms. The van der Waals surface area contributed by atoms with Crippen LogP contribution in [0.15, 0.2) is 24.3 Å². The van der Waals surface area contributed by atoms with Crippen molar-refractivity contribution in [2.45, 2.75) is 40.0 Å². The number of rotatable bonds is 6. The van der Waals surface area contributed by atoms with Gasteiger partial charge in [0.1, 0.15) is 5.75 Å². The number of nitrogens with zero attached hydrogens (tertiary/aromatic N) is 2. The summed E-state index contributed by atoms with van der Waals surface area (Å²) in [6.45, 7) is 9.49. The number of carbonyl (C=O) groups is 2. The molecule has 5 nitrogen and oxygen atoms in total. The number of hydrogen-bond donors (Lipinski definition) is 0. The molecule has 0 atom stereocenters. The SMILES string of the molecule is CCCOc1ccc(C(=O)N2CCCN(C(=O)CC(C)C)CC2)cc1. The van der Waals surface area contributed by atoms with E-state index in [4.69, 9.17) is 4.74 Å². The first kappa shape index (κ1) is 19.3. The van der Waals surface area contributed by atoms with Gasteiger partial charge in [-0.3, -0.25) is 9.59 Å². The molecule has 1 saturated heterocycles. The number of hydrogen-bond acceptors (Lipinski definition) is 3. The molecule has 0 N–H and O–H groups in total. The molecule has 1 aliphatic rings. The van der Waals surface area contributed by atoms with Crippen LogP contribution < -0.4 is 4.74 Å². The molecule has 0 unspecified atom stereocenters. The number of ether oxygens (including phenoxy) is 1. The predicted octanol–water partition coefficient (Wildman–Crippen LogP) is 3.20. The van der Waals surface area contributed by atoms with Gasteiger partial charge in [0.25, 0.3) is 5.91 Å². The zero-order chi connectivity index (χ0) is 18.2. The summed E-state index contributed by atoms with van der Waals surface area (Å²) < 4.78 is 5.56. The maximum Gasteiger partial charge on any atom is 0.253 e. The fraction of sp³-hybridized carbons (Fsp3) is 0.600. The average molecular weight is 346 g/mol. The van der Waals surface area contributed by atoms with E-state index in [2.05, 4.69) is 20.8 Å². The Morgan fingerprint density at radius 3 is 2.32 bits per heavy atom. The van der Waals surface area contributed by atoms with Gasteiger partial charge in [-0.05, 0) is 43.0 Å². The Kier molecular flexibility index (Phi) is 7.29. The van der Waals surface area contributed by atoms with E-state index in [1.54, 1.807) is 0 Å².